The number of carbonyl (C=O) groups excluding carboxylic acids is 2. The van der Waals surface area contributed by atoms with Crippen molar-refractivity contribution in [3.05, 3.63) is 95.5 Å². The number of aryl methyl sites for hydroxylation is 1. The van der Waals surface area contributed by atoms with E-state index in [0.29, 0.717) is 57.6 Å². The van der Waals surface area contributed by atoms with Crippen LogP contribution < -0.4 is 25.9 Å². The summed E-state index contributed by atoms with van der Waals surface area (Å²) in [6.07, 6.45) is 26.0. The molecule has 4 N–H and O–H groups in total. The molecule has 77 heavy (non-hydrogen) atoms. The van der Waals surface area contributed by atoms with Crippen molar-refractivity contribution in [1.82, 2.24) is 40.8 Å². The van der Waals surface area contributed by atoms with Crippen LogP contribution in [-0.2, 0) is 9.59 Å². The van der Waals surface area contributed by atoms with E-state index in [4.69, 9.17) is 16.0 Å². The van der Waals surface area contributed by atoms with Crippen molar-refractivity contribution in [1.29, 1.82) is 0 Å². The van der Waals surface area contributed by atoms with Crippen LogP contribution in [0.4, 0.5) is 20.3 Å². The van der Waals surface area contributed by atoms with Crippen molar-refractivity contribution in [2.24, 2.45) is 16.4 Å². The van der Waals surface area contributed by atoms with Crippen LogP contribution >= 0.6 is 0 Å². The maximum Gasteiger partial charge on any atom is 0.206 e. The number of hydrogen-bond donors (Lipinski definition) is 4. The van der Waals surface area contributed by atoms with Gasteiger partial charge in [-0.25, -0.2) is 18.7 Å². The first kappa shape index (κ1) is 58.1. The molecular formula is C61H81F2N11O3. The number of pyridine rings is 1. The van der Waals surface area contributed by atoms with Gasteiger partial charge in [-0.1, -0.05) is 50.8 Å². The lowest BCUT2D eigenvalue weighted by atomic mass is 9.91. The Morgan fingerprint density at radius 1 is 0.974 bits per heavy atom. The van der Waals surface area contributed by atoms with Gasteiger partial charge in [0.1, 0.15) is 41.2 Å². The average molecular weight is 1050 g/mol. The van der Waals surface area contributed by atoms with Crippen LogP contribution in [0, 0.1) is 42.2 Å². The Morgan fingerprint density at radius 3 is 2.31 bits per heavy atom. The number of unbranched alkanes of at least 4 members (excludes halogenated alkanes) is 1. The van der Waals surface area contributed by atoms with E-state index in [0.717, 1.165) is 44.7 Å². The molecule has 3 atom stereocenters. The lowest BCUT2D eigenvalue weighted by molar-refractivity contribution is -0.109. The number of hydrogen-bond acceptors (Lipinski definition) is 13. The van der Waals surface area contributed by atoms with E-state index < -0.39 is 11.6 Å². The molecule has 2 bridgehead atoms. The Bertz CT molecular complexity index is 2840. The maximum absolute atomic E-state index is 16.0. The molecule has 0 spiro atoms. The van der Waals surface area contributed by atoms with E-state index in [1.807, 2.05) is 26.1 Å². The summed E-state index contributed by atoms with van der Waals surface area (Å²) in [5.41, 5.74) is 7.88. The molecule has 0 radical (unpaired) electrons. The van der Waals surface area contributed by atoms with Crippen LogP contribution in [-0.4, -0.2) is 141 Å². The number of piperazine rings is 2. The molecule has 1 saturated carbocycles. The third kappa shape index (κ3) is 14.5. The normalized spacial score (nSPS) is 19.5. The summed E-state index contributed by atoms with van der Waals surface area (Å²) >= 11 is 0. The van der Waals surface area contributed by atoms with Gasteiger partial charge < -0.3 is 45.6 Å². The van der Waals surface area contributed by atoms with Gasteiger partial charge in [0.05, 0.1) is 17.2 Å². The molecule has 4 saturated heterocycles. The van der Waals surface area contributed by atoms with Crippen molar-refractivity contribution < 1.29 is 23.5 Å². The third-order valence-corrected chi connectivity index (χ3v) is 16.1. The monoisotopic (exact) mass is 1050 g/mol. The fraction of sp³-hybridized carbons (Fsp3) is 0.508. The Hall–Kier alpha value is -6.54. The van der Waals surface area contributed by atoms with Crippen molar-refractivity contribution >= 4 is 52.6 Å². The minimum absolute atomic E-state index is 0.00959. The quantitative estimate of drug-likeness (QED) is 0.0231. The third-order valence-electron chi connectivity index (χ3n) is 16.1. The van der Waals surface area contributed by atoms with Crippen molar-refractivity contribution in [3.8, 4) is 29.4 Å². The fourth-order valence-electron chi connectivity index (χ4n) is 11.8. The highest BCUT2D eigenvalue weighted by atomic mass is 19.1. The summed E-state index contributed by atoms with van der Waals surface area (Å²) in [7, 11) is 3.43. The van der Waals surface area contributed by atoms with Crippen LogP contribution in [0.15, 0.2) is 66.4 Å². The lowest BCUT2D eigenvalue weighted by Gasteiger charge is -2.40. The number of aromatic hydroxyl groups is 1. The van der Waals surface area contributed by atoms with Crippen LogP contribution in [0.3, 0.4) is 0 Å². The van der Waals surface area contributed by atoms with Gasteiger partial charge in [-0.05, 0) is 129 Å². The van der Waals surface area contributed by atoms with Crippen LogP contribution in [0.25, 0.3) is 32.9 Å². The molecule has 1 aliphatic carbocycles. The molecule has 10 rings (SSSR count). The Kier molecular flexibility index (Phi) is 20.9. The molecule has 16 heteroatoms. The molecule has 412 valence electrons. The number of rotatable bonds is 17. The summed E-state index contributed by atoms with van der Waals surface area (Å²) < 4.78 is 30.5. The number of anilines is 2. The van der Waals surface area contributed by atoms with Crippen molar-refractivity contribution in [3.63, 3.8) is 0 Å². The minimum atomic E-state index is -0.665. The van der Waals surface area contributed by atoms with Crippen molar-refractivity contribution in [2.75, 3.05) is 89.3 Å². The van der Waals surface area contributed by atoms with E-state index in [-0.39, 0.29) is 28.1 Å². The standard InChI is InChI=1S/C32H53N5.C26H21F2N5O.C2H5NO.CH2O/c1-5-7-9-27(3)31-11-10-30(23-29(31)24-34-33-4)37-17-12-28(13-18-37)25-35-19-21-36(22-20-35)26-32(15-16-32)14-8-6-2;1-3-18-21(27)7-4-14-8-17(34)9-19(22(14)18)24-23(28)25-20(10-29-24)26(31-13(2)30-25)33-11-15-5-6-16(12-33)32-15;1-3-2-4;1-2/h5,10-11,23-24,27-28,33H,1,6-9,12-22,25-26H2,2-4H3;1,4,7-10,15-16,32,34H,5-6,11-12H2,2H3;2H,1H3,(H,3,4);1H2/b34-24-;;;. The zero-order valence-corrected chi connectivity index (χ0v) is 46.1. The summed E-state index contributed by atoms with van der Waals surface area (Å²) in [4.78, 5) is 40.8. The molecule has 5 aromatic rings. The number of fused-ring (bicyclic) bond motifs is 4. The molecule has 4 aliphatic heterocycles. The molecule has 3 unspecified atom stereocenters. The van der Waals surface area contributed by atoms with Crippen LogP contribution in [0.5, 0.6) is 5.75 Å². The lowest BCUT2D eigenvalue weighted by Crippen LogP contribution is -2.51. The summed E-state index contributed by atoms with van der Waals surface area (Å²) in [5.74, 6) is 3.43. The molecule has 6 heterocycles. The SMILES string of the molecule is C#Cc1c(F)ccc2cc(O)cc(-c3ncc4c(N5CC6CCC(C5)N6)nc(C)nc4c3F)c12.C=CCCC(C)c1ccc(N2CCC(CN3CCN(CC4(CCCC)CC4)CC3)CC2)cc1/C=N\NC.C=O.CNC=O. The van der Waals surface area contributed by atoms with E-state index in [2.05, 4.69) is 100 Å². The highest BCUT2D eigenvalue weighted by molar-refractivity contribution is 6.03. The zero-order chi connectivity index (χ0) is 55.1. The number of halogens is 2. The van der Waals surface area contributed by atoms with Gasteiger partial charge >= 0.3 is 0 Å². The fourth-order valence-corrected chi connectivity index (χ4v) is 11.8. The van der Waals surface area contributed by atoms with Crippen LogP contribution in [0.2, 0.25) is 0 Å². The first-order valence-corrected chi connectivity index (χ1v) is 27.7. The second-order valence-corrected chi connectivity index (χ2v) is 21.6. The maximum atomic E-state index is 16.0. The van der Waals surface area contributed by atoms with Gasteiger partial charge in [0, 0.05) is 114 Å². The number of hydrazone groups is 1. The van der Waals surface area contributed by atoms with Gasteiger partial charge in [0.2, 0.25) is 6.41 Å². The van der Waals surface area contributed by atoms with Crippen molar-refractivity contribution in [2.45, 2.75) is 109 Å². The zero-order valence-electron chi connectivity index (χ0n) is 46.1. The topological polar surface area (TPSA) is 154 Å². The summed E-state index contributed by atoms with van der Waals surface area (Å²) in [5, 5.41) is 21.8. The van der Waals surface area contributed by atoms with E-state index in [1.165, 1.54) is 138 Å². The number of amides is 1. The molecule has 5 aliphatic rings. The predicted molar refractivity (Wildman–Crippen MR) is 309 cm³/mol. The Balaban J connectivity index is 0.000000203. The largest absolute Gasteiger partial charge is 0.508 e. The molecule has 14 nitrogen and oxygen atoms in total. The molecule has 1 amide bonds. The first-order valence-electron chi connectivity index (χ1n) is 27.7. The molecule has 2 aromatic heterocycles. The highest BCUT2D eigenvalue weighted by Gasteiger charge is 2.43. The number of nitrogens with one attached hydrogen (secondary N) is 3. The second kappa shape index (κ2) is 27.7. The van der Waals surface area contributed by atoms with E-state index >= 15 is 4.39 Å². The number of allylic oxidation sites excluding steroid dienone is 1. The number of aromatic nitrogens is 3. The first-order chi connectivity index (χ1) is 37.4. The highest BCUT2D eigenvalue weighted by Crippen LogP contribution is 2.50. The van der Waals surface area contributed by atoms with Gasteiger partial charge in [-0.15, -0.1) is 13.0 Å². The predicted octanol–water partition coefficient (Wildman–Crippen LogP) is 9.35. The van der Waals surface area contributed by atoms with Gasteiger partial charge in [-0.3, -0.25) is 9.78 Å². The number of piperidine rings is 1. The smallest absolute Gasteiger partial charge is 0.206 e. The Labute approximate surface area is 455 Å². The molecule has 3 aromatic carbocycles. The number of phenolic OH excluding ortho intramolecular Hbond substituents is 1. The van der Waals surface area contributed by atoms with E-state index in [9.17, 15) is 9.50 Å². The van der Waals surface area contributed by atoms with Gasteiger partial charge in [-0.2, -0.15) is 5.10 Å². The number of nitrogens with zero attached hydrogens (tertiary/aromatic N) is 8. The number of terminal acetylenes is 1. The van der Waals surface area contributed by atoms with Crippen LogP contribution in [0.1, 0.15) is 113 Å². The number of benzene rings is 3. The number of carbonyl (C=O) groups is 2. The summed E-state index contributed by atoms with van der Waals surface area (Å²) in [6, 6.07) is 13.3. The van der Waals surface area contributed by atoms with Gasteiger partial charge in [0.15, 0.2) is 5.82 Å². The molecule has 5 fully saturated rings. The van der Waals surface area contributed by atoms with E-state index in [1.54, 1.807) is 20.2 Å². The second-order valence-electron chi connectivity index (χ2n) is 21.6. The minimum Gasteiger partial charge on any atom is -0.508 e. The van der Waals surface area contributed by atoms with Gasteiger partial charge in [0.25, 0.3) is 0 Å². The average Bonchev–Trinajstić information content (AvgIpc) is 4.15. The molecular weight excluding hydrogens is 973 g/mol. The Morgan fingerprint density at radius 2 is 1.68 bits per heavy atom. The number of phenols is 1. The summed E-state index contributed by atoms with van der Waals surface area (Å²) in [6.45, 7) is 23.9.